The predicted octanol–water partition coefficient (Wildman–Crippen LogP) is 1.82. The second kappa shape index (κ2) is 8.73. The molecule has 1 fully saturated rings. The normalized spacial score (nSPS) is 28.3. The van der Waals surface area contributed by atoms with Gasteiger partial charge in [-0.25, -0.2) is 0 Å². The second-order valence-electron chi connectivity index (χ2n) is 6.96. The van der Waals surface area contributed by atoms with Crippen molar-refractivity contribution in [2.45, 2.75) is 48.8 Å². The Balaban J connectivity index is 1.85. The van der Waals surface area contributed by atoms with Gasteiger partial charge in [-0.05, 0) is 54.0 Å². The molecule has 1 aliphatic rings. The zero-order valence-electron chi connectivity index (χ0n) is 15.4. The van der Waals surface area contributed by atoms with E-state index < -0.39 is 37.1 Å². The molecule has 0 radical (unpaired) electrons. The summed E-state index contributed by atoms with van der Waals surface area (Å²) in [6.07, 6.45) is -2.91. The molecular formula is C21H26O5S. The average Bonchev–Trinajstić information content (AvgIpc) is 2.69. The van der Waals surface area contributed by atoms with Crippen LogP contribution in [0.5, 0.6) is 0 Å². The number of benzene rings is 2. The van der Waals surface area contributed by atoms with Gasteiger partial charge in [-0.2, -0.15) is 0 Å². The first-order valence-corrected chi connectivity index (χ1v) is 10.2. The molecular weight excluding hydrogens is 364 g/mol. The Kier molecular flexibility index (Phi) is 6.57. The number of aryl methyl sites for hydroxylation is 1. The molecule has 0 unspecified atom stereocenters. The van der Waals surface area contributed by atoms with Gasteiger partial charge >= 0.3 is 0 Å². The quantitative estimate of drug-likeness (QED) is 0.583. The molecule has 0 aliphatic carbocycles. The maximum atomic E-state index is 10.4. The van der Waals surface area contributed by atoms with Gasteiger partial charge in [-0.15, -0.1) is 11.8 Å². The van der Waals surface area contributed by atoms with E-state index in [1.165, 1.54) is 10.5 Å². The molecule has 2 aromatic rings. The van der Waals surface area contributed by atoms with E-state index in [-0.39, 0.29) is 0 Å². The SMILES string of the molecule is CSc1ccc(Cc2cc([C@@H]3O[C@H](CO)[C@@H](O)[C@H](O)[C@H]3O)ccc2C)cc1. The summed E-state index contributed by atoms with van der Waals surface area (Å²) in [5, 5.41) is 39.8. The fourth-order valence-corrected chi connectivity index (χ4v) is 3.81. The Labute approximate surface area is 163 Å². The van der Waals surface area contributed by atoms with E-state index >= 15 is 0 Å². The minimum Gasteiger partial charge on any atom is -0.394 e. The molecule has 0 amide bonds. The zero-order chi connectivity index (χ0) is 19.6. The summed E-state index contributed by atoms with van der Waals surface area (Å²) in [5.41, 5.74) is 4.12. The summed E-state index contributed by atoms with van der Waals surface area (Å²) in [5.74, 6) is 0. The fourth-order valence-electron chi connectivity index (χ4n) is 3.40. The number of thioether (sulfide) groups is 1. The first-order valence-electron chi connectivity index (χ1n) is 8.97. The predicted molar refractivity (Wildman–Crippen MR) is 105 cm³/mol. The molecule has 27 heavy (non-hydrogen) atoms. The molecule has 2 aromatic carbocycles. The molecule has 5 nitrogen and oxygen atoms in total. The largest absolute Gasteiger partial charge is 0.394 e. The van der Waals surface area contributed by atoms with Crippen LogP contribution in [0, 0.1) is 6.92 Å². The van der Waals surface area contributed by atoms with Crippen LogP contribution in [0.3, 0.4) is 0 Å². The lowest BCUT2D eigenvalue weighted by molar-refractivity contribution is -0.231. The number of hydrogen-bond acceptors (Lipinski definition) is 6. The van der Waals surface area contributed by atoms with Crippen molar-refractivity contribution in [3.63, 3.8) is 0 Å². The van der Waals surface area contributed by atoms with Crippen molar-refractivity contribution in [1.82, 2.24) is 0 Å². The summed E-state index contributed by atoms with van der Waals surface area (Å²) >= 11 is 1.70. The van der Waals surface area contributed by atoms with Gasteiger partial charge in [0, 0.05) is 4.90 Å². The van der Waals surface area contributed by atoms with E-state index in [1.807, 2.05) is 31.4 Å². The Morgan fingerprint density at radius 3 is 2.30 bits per heavy atom. The van der Waals surface area contributed by atoms with Gasteiger partial charge in [0.05, 0.1) is 6.61 Å². The summed E-state index contributed by atoms with van der Waals surface area (Å²) in [6.45, 7) is 1.60. The topological polar surface area (TPSA) is 90.2 Å². The van der Waals surface area contributed by atoms with Gasteiger partial charge in [-0.3, -0.25) is 0 Å². The van der Waals surface area contributed by atoms with Crippen molar-refractivity contribution in [2.24, 2.45) is 0 Å². The van der Waals surface area contributed by atoms with Gasteiger partial charge in [0.15, 0.2) is 0 Å². The number of rotatable bonds is 5. The van der Waals surface area contributed by atoms with Crippen LogP contribution in [-0.2, 0) is 11.2 Å². The lowest BCUT2D eigenvalue weighted by atomic mass is 9.89. The summed E-state index contributed by atoms with van der Waals surface area (Å²) in [7, 11) is 0. The monoisotopic (exact) mass is 390 g/mol. The van der Waals surface area contributed by atoms with Crippen LogP contribution in [0.2, 0.25) is 0 Å². The third-order valence-electron chi connectivity index (χ3n) is 5.15. The maximum Gasteiger partial charge on any atom is 0.113 e. The molecule has 5 atom stereocenters. The van der Waals surface area contributed by atoms with Crippen LogP contribution in [0.1, 0.15) is 28.4 Å². The van der Waals surface area contributed by atoms with Crippen LogP contribution >= 0.6 is 11.8 Å². The fraction of sp³-hybridized carbons (Fsp3) is 0.429. The molecule has 6 heteroatoms. The van der Waals surface area contributed by atoms with E-state index in [9.17, 15) is 20.4 Å². The van der Waals surface area contributed by atoms with E-state index in [1.54, 1.807) is 11.8 Å². The van der Waals surface area contributed by atoms with Crippen molar-refractivity contribution in [3.05, 3.63) is 64.7 Å². The summed E-state index contributed by atoms with van der Waals surface area (Å²) in [4.78, 5) is 1.21. The van der Waals surface area contributed by atoms with Crippen LogP contribution in [0.4, 0.5) is 0 Å². The third-order valence-corrected chi connectivity index (χ3v) is 5.89. The highest BCUT2D eigenvalue weighted by Gasteiger charge is 2.43. The first kappa shape index (κ1) is 20.3. The highest BCUT2D eigenvalue weighted by atomic mass is 32.2. The van der Waals surface area contributed by atoms with E-state index in [4.69, 9.17) is 4.74 Å². The molecule has 146 valence electrons. The van der Waals surface area contributed by atoms with Crippen molar-refractivity contribution >= 4 is 11.8 Å². The highest BCUT2D eigenvalue weighted by molar-refractivity contribution is 7.98. The molecule has 1 saturated heterocycles. The lowest BCUT2D eigenvalue weighted by Crippen LogP contribution is -2.55. The van der Waals surface area contributed by atoms with Crippen LogP contribution in [-0.4, -0.2) is 57.7 Å². The number of hydrogen-bond donors (Lipinski definition) is 4. The van der Waals surface area contributed by atoms with Crippen LogP contribution < -0.4 is 0 Å². The molecule has 3 rings (SSSR count). The maximum absolute atomic E-state index is 10.4. The average molecular weight is 391 g/mol. The Hall–Kier alpha value is -1.41. The standard InChI is InChI=1S/C21H26O5S/c1-12-3-6-14(21-20(25)19(24)18(23)17(11-22)26-21)10-15(12)9-13-4-7-16(27-2)8-5-13/h3-8,10,17-25H,9,11H2,1-2H3/t17-,18-,19+,20-,21+/m1/s1. The Bertz CT molecular complexity index is 762. The molecule has 0 bridgehead atoms. The molecule has 1 aliphatic heterocycles. The van der Waals surface area contributed by atoms with Gasteiger partial charge in [0.25, 0.3) is 0 Å². The number of aliphatic hydroxyl groups excluding tert-OH is 4. The third kappa shape index (κ3) is 4.37. The van der Waals surface area contributed by atoms with Crippen molar-refractivity contribution in [1.29, 1.82) is 0 Å². The summed E-state index contributed by atoms with van der Waals surface area (Å²) < 4.78 is 5.68. The molecule has 0 saturated carbocycles. The molecule has 0 spiro atoms. The van der Waals surface area contributed by atoms with E-state index in [0.29, 0.717) is 5.56 Å². The second-order valence-corrected chi connectivity index (χ2v) is 7.84. The minimum absolute atomic E-state index is 0.429. The first-order chi connectivity index (χ1) is 12.9. The smallest absolute Gasteiger partial charge is 0.113 e. The van der Waals surface area contributed by atoms with Gasteiger partial charge in [0.1, 0.15) is 30.5 Å². The van der Waals surface area contributed by atoms with Crippen LogP contribution in [0.25, 0.3) is 0 Å². The number of aliphatic hydroxyl groups is 4. The van der Waals surface area contributed by atoms with E-state index in [2.05, 4.69) is 24.3 Å². The number of ether oxygens (including phenoxy) is 1. The van der Waals surface area contributed by atoms with Crippen molar-refractivity contribution in [2.75, 3.05) is 12.9 Å². The molecule has 4 N–H and O–H groups in total. The zero-order valence-corrected chi connectivity index (χ0v) is 16.3. The summed E-state index contributed by atoms with van der Waals surface area (Å²) in [6, 6.07) is 14.2. The van der Waals surface area contributed by atoms with Crippen molar-refractivity contribution < 1.29 is 25.2 Å². The lowest BCUT2D eigenvalue weighted by Gasteiger charge is -2.40. The van der Waals surface area contributed by atoms with E-state index in [0.717, 1.165) is 17.5 Å². The van der Waals surface area contributed by atoms with Gasteiger partial charge in [-0.1, -0.05) is 30.3 Å². The Morgan fingerprint density at radius 2 is 1.67 bits per heavy atom. The molecule has 0 aromatic heterocycles. The minimum atomic E-state index is -1.37. The van der Waals surface area contributed by atoms with Crippen LogP contribution in [0.15, 0.2) is 47.4 Å². The highest BCUT2D eigenvalue weighted by Crippen LogP contribution is 2.33. The molecule has 1 heterocycles. The van der Waals surface area contributed by atoms with Gasteiger partial charge < -0.3 is 25.2 Å². The van der Waals surface area contributed by atoms with Crippen molar-refractivity contribution in [3.8, 4) is 0 Å². The Morgan fingerprint density at radius 1 is 0.963 bits per heavy atom. The van der Waals surface area contributed by atoms with Gasteiger partial charge in [0.2, 0.25) is 0 Å².